The molecule has 0 N–H and O–H groups in total. The quantitative estimate of drug-likeness (QED) is 0.516. The third-order valence-corrected chi connectivity index (χ3v) is 3.86. The number of aryl methyl sites for hydroxylation is 3. The van der Waals surface area contributed by atoms with Gasteiger partial charge in [-0.2, -0.15) is 0 Å². The molecule has 0 aliphatic carbocycles. The Labute approximate surface area is 129 Å². The van der Waals surface area contributed by atoms with Gasteiger partial charge in [-0.3, -0.25) is 0 Å². The summed E-state index contributed by atoms with van der Waals surface area (Å²) in [6.07, 6.45) is 0. The van der Waals surface area contributed by atoms with Gasteiger partial charge in [-0.1, -0.05) is 29.3 Å². The van der Waals surface area contributed by atoms with E-state index >= 15 is 0 Å². The smallest absolute Gasteiger partial charge is 0.357 e. The maximum absolute atomic E-state index is 12.3. The van der Waals surface area contributed by atoms with Crippen molar-refractivity contribution in [1.29, 1.82) is 0 Å². The Morgan fingerprint density at radius 3 is 2.50 bits per heavy atom. The van der Waals surface area contributed by atoms with Crippen LogP contribution in [0.15, 0.2) is 30.3 Å². The molecule has 0 bridgehead atoms. The molecule has 1 heterocycles. The van der Waals surface area contributed by atoms with E-state index in [1.165, 1.54) is 11.1 Å². The van der Waals surface area contributed by atoms with E-state index in [2.05, 4.69) is 37.0 Å². The van der Waals surface area contributed by atoms with Crippen molar-refractivity contribution in [2.45, 2.75) is 27.7 Å². The van der Waals surface area contributed by atoms with Gasteiger partial charge in [0.2, 0.25) is 0 Å². The highest BCUT2D eigenvalue weighted by Crippen LogP contribution is 2.31. The van der Waals surface area contributed by atoms with Crippen LogP contribution in [0.2, 0.25) is 0 Å². The molecule has 0 fully saturated rings. The van der Waals surface area contributed by atoms with Gasteiger partial charge in [-0.15, -0.1) is 0 Å². The molecular formula is C19H19NO2. The molecule has 0 saturated carbocycles. The summed E-state index contributed by atoms with van der Waals surface area (Å²) in [4.78, 5) is 16.9. The van der Waals surface area contributed by atoms with Gasteiger partial charge in [-0.05, 0) is 50.8 Å². The van der Waals surface area contributed by atoms with Crippen LogP contribution in [0.5, 0.6) is 0 Å². The summed E-state index contributed by atoms with van der Waals surface area (Å²) in [7, 11) is 0. The fraction of sp³-hybridized carbons (Fsp3) is 0.263. The molecule has 0 aliphatic heterocycles. The molecule has 0 saturated heterocycles. The molecule has 2 aromatic carbocycles. The third kappa shape index (κ3) is 2.33. The topological polar surface area (TPSA) is 39.2 Å². The normalized spacial score (nSPS) is 11.1. The molecule has 22 heavy (non-hydrogen) atoms. The van der Waals surface area contributed by atoms with E-state index in [9.17, 15) is 4.79 Å². The van der Waals surface area contributed by atoms with Crippen LogP contribution in [0.3, 0.4) is 0 Å². The summed E-state index contributed by atoms with van der Waals surface area (Å²) in [6, 6.07) is 10.3. The van der Waals surface area contributed by atoms with Crippen LogP contribution in [0.25, 0.3) is 21.7 Å². The molecule has 112 valence electrons. The van der Waals surface area contributed by atoms with Crippen molar-refractivity contribution in [3.05, 3.63) is 52.7 Å². The number of ether oxygens (including phenoxy) is 1. The van der Waals surface area contributed by atoms with Crippen molar-refractivity contribution in [2.75, 3.05) is 6.61 Å². The Morgan fingerprint density at radius 1 is 1.05 bits per heavy atom. The van der Waals surface area contributed by atoms with Crippen molar-refractivity contribution in [1.82, 2.24) is 4.98 Å². The SMILES string of the molecule is CCOC(=O)c1nc2ccc(C)cc2c2cc(C)cc(C)c12. The lowest BCUT2D eigenvalue weighted by Crippen LogP contribution is -2.09. The lowest BCUT2D eigenvalue weighted by molar-refractivity contribution is 0.0522. The number of fused-ring (bicyclic) bond motifs is 3. The molecule has 0 amide bonds. The number of nitrogens with zero attached hydrogens (tertiary/aromatic N) is 1. The highest BCUT2D eigenvalue weighted by molar-refractivity contribution is 6.14. The van der Waals surface area contributed by atoms with Gasteiger partial charge < -0.3 is 4.74 Å². The van der Waals surface area contributed by atoms with Gasteiger partial charge in [0, 0.05) is 10.8 Å². The maximum atomic E-state index is 12.3. The zero-order valence-electron chi connectivity index (χ0n) is 13.4. The number of hydrogen-bond acceptors (Lipinski definition) is 3. The molecule has 0 spiro atoms. The van der Waals surface area contributed by atoms with E-state index in [0.717, 1.165) is 27.2 Å². The number of carbonyl (C=O) groups is 1. The Morgan fingerprint density at radius 2 is 1.77 bits per heavy atom. The molecule has 3 aromatic rings. The van der Waals surface area contributed by atoms with E-state index in [0.29, 0.717) is 12.3 Å². The van der Waals surface area contributed by atoms with Crippen molar-refractivity contribution in [3.8, 4) is 0 Å². The second kappa shape index (κ2) is 5.41. The van der Waals surface area contributed by atoms with E-state index in [1.807, 2.05) is 26.0 Å². The Hall–Kier alpha value is -2.42. The van der Waals surface area contributed by atoms with Gasteiger partial charge in [0.25, 0.3) is 0 Å². The van der Waals surface area contributed by atoms with Crippen LogP contribution < -0.4 is 0 Å². The zero-order valence-corrected chi connectivity index (χ0v) is 13.4. The van der Waals surface area contributed by atoms with Gasteiger partial charge in [-0.25, -0.2) is 9.78 Å². The number of aromatic nitrogens is 1. The van der Waals surface area contributed by atoms with E-state index < -0.39 is 0 Å². The Kier molecular flexibility index (Phi) is 3.57. The van der Waals surface area contributed by atoms with Crippen LogP contribution >= 0.6 is 0 Å². The number of esters is 1. The van der Waals surface area contributed by atoms with Crippen LogP contribution in [-0.2, 0) is 4.74 Å². The number of hydrogen-bond donors (Lipinski definition) is 0. The highest BCUT2D eigenvalue weighted by atomic mass is 16.5. The third-order valence-electron chi connectivity index (χ3n) is 3.86. The van der Waals surface area contributed by atoms with E-state index in [1.54, 1.807) is 0 Å². The number of carbonyl (C=O) groups excluding carboxylic acids is 1. The summed E-state index contributed by atoms with van der Waals surface area (Å²) in [6.45, 7) is 8.30. The average Bonchev–Trinajstić information content (AvgIpc) is 2.46. The fourth-order valence-electron chi connectivity index (χ4n) is 2.98. The van der Waals surface area contributed by atoms with Crippen molar-refractivity contribution in [2.24, 2.45) is 0 Å². The first-order chi connectivity index (χ1) is 10.5. The zero-order chi connectivity index (χ0) is 15.9. The molecule has 1 aromatic heterocycles. The Bertz CT molecular complexity index is 897. The van der Waals surface area contributed by atoms with Crippen molar-refractivity contribution >= 4 is 27.6 Å². The first-order valence-electron chi connectivity index (χ1n) is 7.49. The highest BCUT2D eigenvalue weighted by Gasteiger charge is 2.18. The second-order valence-corrected chi connectivity index (χ2v) is 5.71. The lowest BCUT2D eigenvalue weighted by Gasteiger charge is -2.12. The van der Waals surface area contributed by atoms with Gasteiger partial charge >= 0.3 is 5.97 Å². The van der Waals surface area contributed by atoms with Crippen LogP contribution in [0, 0.1) is 20.8 Å². The standard InChI is InChI=1S/C19H19NO2/c1-5-22-19(21)18-17-13(4)8-12(3)10-15(17)14-9-11(2)6-7-16(14)20-18/h6-10H,5H2,1-4H3. The summed E-state index contributed by atoms with van der Waals surface area (Å²) in [5.41, 5.74) is 4.64. The predicted octanol–water partition coefficient (Wildman–Crippen LogP) is 4.49. The average molecular weight is 293 g/mol. The molecular weight excluding hydrogens is 274 g/mol. The van der Waals surface area contributed by atoms with Crippen molar-refractivity contribution < 1.29 is 9.53 Å². The monoisotopic (exact) mass is 293 g/mol. The first-order valence-corrected chi connectivity index (χ1v) is 7.49. The minimum atomic E-state index is -0.359. The summed E-state index contributed by atoms with van der Waals surface area (Å²) < 4.78 is 5.19. The predicted molar refractivity (Wildman–Crippen MR) is 89.4 cm³/mol. The largest absolute Gasteiger partial charge is 0.461 e. The minimum Gasteiger partial charge on any atom is -0.461 e. The van der Waals surface area contributed by atoms with Gasteiger partial charge in [0.05, 0.1) is 12.1 Å². The van der Waals surface area contributed by atoms with Crippen molar-refractivity contribution in [3.63, 3.8) is 0 Å². The molecule has 0 aliphatic rings. The summed E-state index contributed by atoms with van der Waals surface area (Å²) in [5.74, 6) is -0.359. The second-order valence-electron chi connectivity index (χ2n) is 5.71. The number of pyridine rings is 1. The summed E-state index contributed by atoms with van der Waals surface area (Å²) in [5, 5.41) is 3.03. The van der Waals surface area contributed by atoms with Gasteiger partial charge in [0.15, 0.2) is 5.69 Å². The summed E-state index contributed by atoms with van der Waals surface area (Å²) >= 11 is 0. The molecule has 0 radical (unpaired) electrons. The molecule has 0 atom stereocenters. The fourth-order valence-corrected chi connectivity index (χ4v) is 2.98. The van der Waals surface area contributed by atoms with E-state index in [4.69, 9.17) is 4.74 Å². The van der Waals surface area contributed by atoms with Crippen LogP contribution in [0.1, 0.15) is 34.1 Å². The van der Waals surface area contributed by atoms with Crippen LogP contribution in [0.4, 0.5) is 0 Å². The molecule has 3 rings (SSSR count). The van der Waals surface area contributed by atoms with Gasteiger partial charge in [0.1, 0.15) is 0 Å². The Balaban J connectivity index is 2.49. The number of benzene rings is 2. The molecule has 3 nitrogen and oxygen atoms in total. The van der Waals surface area contributed by atoms with Crippen LogP contribution in [-0.4, -0.2) is 17.6 Å². The molecule has 3 heteroatoms. The maximum Gasteiger partial charge on any atom is 0.357 e. The lowest BCUT2D eigenvalue weighted by atomic mass is 9.97. The first kappa shape index (κ1) is 14.5. The minimum absolute atomic E-state index is 0.346. The van der Waals surface area contributed by atoms with E-state index in [-0.39, 0.29) is 5.97 Å². The number of rotatable bonds is 2. The molecule has 0 unspecified atom stereocenters.